The summed E-state index contributed by atoms with van der Waals surface area (Å²) >= 11 is 0. The summed E-state index contributed by atoms with van der Waals surface area (Å²) in [5.74, 6) is -0.156. The molecule has 0 spiro atoms. The van der Waals surface area contributed by atoms with E-state index in [1.807, 2.05) is 17.0 Å². The van der Waals surface area contributed by atoms with Gasteiger partial charge in [0.15, 0.2) is 0 Å². The van der Waals surface area contributed by atoms with Crippen molar-refractivity contribution in [2.24, 2.45) is 5.92 Å². The number of nitrogens with zero attached hydrogens (tertiary/aromatic N) is 1. The molecule has 30 heavy (non-hydrogen) atoms. The van der Waals surface area contributed by atoms with Crippen LogP contribution in [0.4, 0.5) is 5.69 Å². The number of carbonyl (C=O) groups excluding carboxylic acids is 2. The minimum absolute atomic E-state index is 0.127. The molecular formula is C22H32N2O5S. The van der Waals surface area contributed by atoms with Crippen LogP contribution in [0.25, 0.3) is 0 Å². The van der Waals surface area contributed by atoms with E-state index in [0.29, 0.717) is 38.2 Å². The van der Waals surface area contributed by atoms with Crippen LogP contribution in [0, 0.1) is 5.92 Å². The molecule has 0 aromatic heterocycles. The van der Waals surface area contributed by atoms with E-state index in [1.54, 1.807) is 19.1 Å². The van der Waals surface area contributed by atoms with Crippen LogP contribution < -0.4 is 4.72 Å². The number of nitrogens with one attached hydrogen (secondary N) is 1. The van der Waals surface area contributed by atoms with Crippen molar-refractivity contribution in [1.29, 1.82) is 0 Å². The first-order chi connectivity index (χ1) is 14.2. The lowest BCUT2D eigenvalue weighted by atomic mass is 9.68. The van der Waals surface area contributed by atoms with Crippen LogP contribution in [0.1, 0.15) is 57.4 Å². The van der Waals surface area contributed by atoms with Gasteiger partial charge in [0, 0.05) is 18.8 Å². The number of rotatable bonds is 6. The molecule has 1 saturated heterocycles. The van der Waals surface area contributed by atoms with Crippen molar-refractivity contribution in [3.63, 3.8) is 0 Å². The highest BCUT2D eigenvalue weighted by molar-refractivity contribution is 7.92. The molecule has 2 fully saturated rings. The molecule has 8 heteroatoms. The zero-order valence-corrected chi connectivity index (χ0v) is 18.7. The Hall–Kier alpha value is -2.09. The van der Waals surface area contributed by atoms with Gasteiger partial charge in [-0.3, -0.25) is 14.3 Å². The number of carbonyl (C=O) groups is 2. The molecule has 1 aliphatic carbocycles. The average molecular weight is 437 g/mol. The molecule has 1 heterocycles. The number of sulfonamides is 1. The van der Waals surface area contributed by atoms with E-state index in [-0.39, 0.29) is 17.8 Å². The molecule has 1 aromatic rings. The molecule has 1 amide bonds. The maximum atomic E-state index is 13.7. The maximum absolute atomic E-state index is 13.7. The highest BCUT2D eigenvalue weighted by Gasteiger charge is 2.44. The van der Waals surface area contributed by atoms with Crippen molar-refractivity contribution >= 4 is 27.6 Å². The largest absolute Gasteiger partial charge is 0.466 e. The quantitative estimate of drug-likeness (QED) is 0.692. The first kappa shape index (κ1) is 22.6. The molecule has 1 N–H and O–H groups in total. The van der Waals surface area contributed by atoms with E-state index < -0.39 is 15.4 Å². The molecule has 0 unspecified atom stereocenters. The van der Waals surface area contributed by atoms with Crippen molar-refractivity contribution in [1.82, 2.24) is 4.90 Å². The first-order valence-corrected chi connectivity index (χ1v) is 12.7. The van der Waals surface area contributed by atoms with Gasteiger partial charge in [-0.2, -0.15) is 0 Å². The van der Waals surface area contributed by atoms with E-state index in [2.05, 4.69) is 4.72 Å². The van der Waals surface area contributed by atoms with Gasteiger partial charge in [-0.1, -0.05) is 31.4 Å². The lowest BCUT2D eigenvalue weighted by Gasteiger charge is -2.42. The van der Waals surface area contributed by atoms with Gasteiger partial charge in [-0.25, -0.2) is 8.42 Å². The lowest BCUT2D eigenvalue weighted by molar-refractivity contribution is -0.152. The van der Waals surface area contributed by atoms with Gasteiger partial charge in [0.05, 0.1) is 24.2 Å². The maximum Gasteiger partial charge on any atom is 0.309 e. The molecule has 0 atom stereocenters. The predicted molar refractivity (Wildman–Crippen MR) is 116 cm³/mol. The van der Waals surface area contributed by atoms with Gasteiger partial charge in [0.1, 0.15) is 0 Å². The highest BCUT2D eigenvalue weighted by Crippen LogP contribution is 2.42. The topological polar surface area (TPSA) is 92.8 Å². The second-order valence-electron chi connectivity index (χ2n) is 8.41. The number of esters is 1. The normalized spacial score (nSPS) is 19.9. The summed E-state index contributed by atoms with van der Waals surface area (Å²) in [5, 5.41) is 0. The molecule has 1 aliphatic heterocycles. The summed E-state index contributed by atoms with van der Waals surface area (Å²) < 4.78 is 30.6. The number of hydrogen-bond acceptors (Lipinski definition) is 5. The van der Waals surface area contributed by atoms with Crippen LogP contribution in [0.5, 0.6) is 0 Å². The zero-order chi connectivity index (χ0) is 21.8. The molecule has 0 radical (unpaired) electrons. The smallest absolute Gasteiger partial charge is 0.309 e. The van der Waals surface area contributed by atoms with E-state index in [0.717, 1.165) is 43.9 Å². The van der Waals surface area contributed by atoms with Gasteiger partial charge in [-0.15, -0.1) is 0 Å². The van der Waals surface area contributed by atoms with Crippen LogP contribution in [-0.4, -0.2) is 51.1 Å². The van der Waals surface area contributed by atoms with Crippen LogP contribution >= 0.6 is 0 Å². The van der Waals surface area contributed by atoms with E-state index in [9.17, 15) is 18.0 Å². The minimum atomic E-state index is -3.34. The molecule has 7 nitrogen and oxygen atoms in total. The Morgan fingerprint density at radius 2 is 1.70 bits per heavy atom. The lowest BCUT2D eigenvalue weighted by Crippen LogP contribution is -2.51. The Morgan fingerprint density at radius 3 is 2.23 bits per heavy atom. The number of benzene rings is 1. The van der Waals surface area contributed by atoms with Gasteiger partial charge in [0.2, 0.25) is 15.9 Å². The number of piperidine rings is 1. The van der Waals surface area contributed by atoms with Gasteiger partial charge in [-0.05, 0) is 50.3 Å². The fraction of sp³-hybridized carbons (Fsp3) is 0.636. The SMILES string of the molecule is CCOC(=O)C1CCN(C(=O)C2(c3ccc(NS(C)(=O)=O)cc3)CCCCC2)CC1. The average Bonchev–Trinajstić information content (AvgIpc) is 2.73. The summed E-state index contributed by atoms with van der Waals surface area (Å²) in [6, 6.07) is 7.21. The highest BCUT2D eigenvalue weighted by atomic mass is 32.2. The third kappa shape index (κ3) is 5.14. The second kappa shape index (κ2) is 9.37. The molecule has 166 valence electrons. The fourth-order valence-electron chi connectivity index (χ4n) is 4.73. The molecule has 3 rings (SSSR count). The zero-order valence-electron chi connectivity index (χ0n) is 17.9. The second-order valence-corrected chi connectivity index (χ2v) is 10.2. The van der Waals surface area contributed by atoms with Crippen LogP contribution in [-0.2, 0) is 29.8 Å². The van der Waals surface area contributed by atoms with Crippen molar-refractivity contribution in [3.05, 3.63) is 29.8 Å². The number of anilines is 1. The van der Waals surface area contributed by atoms with Crippen molar-refractivity contribution in [3.8, 4) is 0 Å². The van der Waals surface area contributed by atoms with Crippen LogP contribution in [0.2, 0.25) is 0 Å². The summed E-state index contributed by atoms with van der Waals surface area (Å²) in [4.78, 5) is 27.6. The van der Waals surface area contributed by atoms with E-state index in [1.165, 1.54) is 0 Å². The summed E-state index contributed by atoms with van der Waals surface area (Å²) in [7, 11) is -3.34. The van der Waals surface area contributed by atoms with Crippen molar-refractivity contribution < 1.29 is 22.7 Å². The Labute approximate surface area is 179 Å². The van der Waals surface area contributed by atoms with Crippen LogP contribution in [0.3, 0.4) is 0 Å². The third-order valence-corrected chi connectivity index (χ3v) is 6.87. The van der Waals surface area contributed by atoms with E-state index in [4.69, 9.17) is 4.74 Å². The standard InChI is InChI=1S/C22H32N2O5S/c1-3-29-20(25)17-11-15-24(16-12-17)21(26)22(13-5-4-6-14-22)18-7-9-19(10-8-18)23-30(2,27)28/h7-10,17,23H,3-6,11-16H2,1-2H3. The number of likely N-dealkylation sites (tertiary alicyclic amines) is 1. The third-order valence-electron chi connectivity index (χ3n) is 6.26. The number of amides is 1. The summed E-state index contributed by atoms with van der Waals surface area (Å²) in [5.41, 5.74) is 0.868. The first-order valence-electron chi connectivity index (χ1n) is 10.8. The van der Waals surface area contributed by atoms with Crippen molar-refractivity contribution in [2.75, 3.05) is 30.7 Å². The number of ether oxygens (including phenoxy) is 1. The Bertz CT molecular complexity index is 852. The van der Waals surface area contributed by atoms with E-state index >= 15 is 0 Å². The molecular weight excluding hydrogens is 404 g/mol. The van der Waals surface area contributed by atoms with Crippen LogP contribution in [0.15, 0.2) is 24.3 Å². The fourth-order valence-corrected chi connectivity index (χ4v) is 5.30. The van der Waals surface area contributed by atoms with Gasteiger partial charge < -0.3 is 9.64 Å². The summed E-state index contributed by atoms with van der Waals surface area (Å²) in [6.07, 6.45) is 7.09. The Morgan fingerprint density at radius 1 is 1.10 bits per heavy atom. The molecule has 2 aliphatic rings. The Balaban J connectivity index is 1.77. The van der Waals surface area contributed by atoms with Crippen molar-refractivity contribution in [2.45, 2.75) is 57.3 Å². The molecule has 1 saturated carbocycles. The monoisotopic (exact) mass is 436 g/mol. The molecule has 1 aromatic carbocycles. The molecule has 0 bridgehead atoms. The Kier molecular flexibility index (Phi) is 7.06. The van der Waals surface area contributed by atoms with Gasteiger partial charge in [0.25, 0.3) is 0 Å². The predicted octanol–water partition coefficient (Wildman–Crippen LogP) is 3.06. The van der Waals surface area contributed by atoms with Gasteiger partial charge >= 0.3 is 5.97 Å². The summed E-state index contributed by atoms with van der Waals surface area (Å²) in [6.45, 7) is 3.32. The minimum Gasteiger partial charge on any atom is -0.466 e. The number of hydrogen-bond donors (Lipinski definition) is 1.